The van der Waals surface area contributed by atoms with Gasteiger partial charge in [0.1, 0.15) is 0 Å². The van der Waals surface area contributed by atoms with E-state index in [0.717, 1.165) is 23.9 Å². The van der Waals surface area contributed by atoms with Gasteiger partial charge in [-0.25, -0.2) is 0 Å². The summed E-state index contributed by atoms with van der Waals surface area (Å²) in [6.07, 6.45) is 5.99. The van der Waals surface area contributed by atoms with E-state index in [-0.39, 0.29) is 11.6 Å². The Balaban J connectivity index is 1.77. The molecule has 1 aromatic carbocycles. The zero-order valence-electron chi connectivity index (χ0n) is 11.5. The van der Waals surface area contributed by atoms with Gasteiger partial charge in [0.15, 0.2) is 0 Å². The van der Waals surface area contributed by atoms with Gasteiger partial charge >= 0.3 is 0 Å². The lowest BCUT2D eigenvalue weighted by molar-refractivity contribution is -0.146. The van der Waals surface area contributed by atoms with E-state index in [4.69, 9.17) is 10.5 Å². The SMILES string of the molecule is Cc1ccc(C(N)C2CCOC3(CCC3)C2)c(Br)c1. The summed E-state index contributed by atoms with van der Waals surface area (Å²) in [5, 5.41) is 0. The van der Waals surface area contributed by atoms with Crippen LogP contribution in [0.5, 0.6) is 0 Å². The Morgan fingerprint density at radius 3 is 2.84 bits per heavy atom. The predicted molar refractivity (Wildman–Crippen MR) is 81.1 cm³/mol. The summed E-state index contributed by atoms with van der Waals surface area (Å²) in [7, 11) is 0. The first-order valence-electron chi connectivity index (χ1n) is 7.25. The Hall–Kier alpha value is -0.380. The molecule has 2 unspecified atom stereocenters. The first-order chi connectivity index (χ1) is 9.10. The lowest BCUT2D eigenvalue weighted by Gasteiger charge is -2.48. The predicted octanol–water partition coefficient (Wildman–Crippen LogP) is 4.11. The molecule has 3 rings (SSSR count). The van der Waals surface area contributed by atoms with Crippen LogP contribution in [0, 0.1) is 12.8 Å². The smallest absolute Gasteiger partial charge is 0.0686 e. The molecule has 1 aliphatic carbocycles. The van der Waals surface area contributed by atoms with Crippen LogP contribution in [0.15, 0.2) is 22.7 Å². The molecule has 1 aliphatic heterocycles. The third kappa shape index (κ3) is 2.61. The van der Waals surface area contributed by atoms with Crippen molar-refractivity contribution in [2.24, 2.45) is 11.7 Å². The number of hydrogen-bond acceptors (Lipinski definition) is 2. The second kappa shape index (κ2) is 5.19. The standard InChI is InChI=1S/C16H22BrNO/c1-11-3-4-13(14(17)9-11)15(18)12-5-8-19-16(10-12)6-2-7-16/h3-4,9,12,15H,2,5-8,10,18H2,1H3. The van der Waals surface area contributed by atoms with Crippen molar-refractivity contribution in [3.05, 3.63) is 33.8 Å². The Kier molecular flexibility index (Phi) is 3.71. The van der Waals surface area contributed by atoms with E-state index in [9.17, 15) is 0 Å². The Labute approximate surface area is 123 Å². The van der Waals surface area contributed by atoms with Gasteiger partial charge in [-0.3, -0.25) is 0 Å². The number of benzene rings is 1. The minimum absolute atomic E-state index is 0.122. The number of halogens is 1. The topological polar surface area (TPSA) is 35.2 Å². The van der Waals surface area contributed by atoms with Crippen molar-refractivity contribution in [1.82, 2.24) is 0 Å². The molecule has 2 nitrogen and oxygen atoms in total. The van der Waals surface area contributed by atoms with Crippen LogP contribution < -0.4 is 5.73 Å². The van der Waals surface area contributed by atoms with Gasteiger partial charge in [-0.15, -0.1) is 0 Å². The summed E-state index contributed by atoms with van der Waals surface area (Å²) in [5.41, 5.74) is 9.22. The van der Waals surface area contributed by atoms with E-state index in [0.29, 0.717) is 5.92 Å². The first kappa shape index (κ1) is 13.6. The third-order valence-corrected chi connectivity index (χ3v) is 5.51. The lowest BCUT2D eigenvalue weighted by Crippen LogP contribution is -2.47. The molecule has 1 saturated carbocycles. The normalized spacial score (nSPS) is 27.0. The second-order valence-corrected chi connectivity index (χ2v) is 7.04. The third-order valence-electron chi connectivity index (χ3n) is 4.82. The van der Waals surface area contributed by atoms with Crippen molar-refractivity contribution in [3.63, 3.8) is 0 Å². The Bertz CT molecular complexity index is 470. The molecule has 3 heteroatoms. The molecule has 104 valence electrons. The summed E-state index contributed by atoms with van der Waals surface area (Å²) in [4.78, 5) is 0. The van der Waals surface area contributed by atoms with Crippen molar-refractivity contribution in [2.75, 3.05) is 6.61 Å². The van der Waals surface area contributed by atoms with E-state index in [1.807, 2.05) is 0 Å². The molecule has 1 heterocycles. The molecule has 0 bridgehead atoms. The van der Waals surface area contributed by atoms with Crippen LogP contribution >= 0.6 is 15.9 Å². The summed E-state index contributed by atoms with van der Waals surface area (Å²) in [6, 6.07) is 6.61. The molecule has 0 radical (unpaired) electrons. The molecule has 1 aromatic rings. The molecule has 2 atom stereocenters. The summed E-state index contributed by atoms with van der Waals surface area (Å²) in [5.74, 6) is 0.549. The minimum atomic E-state index is 0.122. The van der Waals surface area contributed by atoms with Crippen molar-refractivity contribution < 1.29 is 4.74 Å². The van der Waals surface area contributed by atoms with Gasteiger partial charge in [0.25, 0.3) is 0 Å². The molecule has 1 saturated heterocycles. The number of aryl methyl sites for hydroxylation is 1. The van der Waals surface area contributed by atoms with Gasteiger partial charge in [0.2, 0.25) is 0 Å². The molecule has 0 aromatic heterocycles. The maximum absolute atomic E-state index is 6.53. The largest absolute Gasteiger partial charge is 0.375 e. The molecule has 0 amide bonds. The van der Waals surface area contributed by atoms with Gasteiger partial charge in [0.05, 0.1) is 5.60 Å². The highest BCUT2D eigenvalue weighted by atomic mass is 79.9. The fourth-order valence-corrected chi connectivity index (χ4v) is 4.21. The number of rotatable bonds is 2. The van der Waals surface area contributed by atoms with Crippen LogP contribution in [0.25, 0.3) is 0 Å². The van der Waals surface area contributed by atoms with Crippen LogP contribution in [-0.2, 0) is 4.74 Å². The summed E-state index contributed by atoms with van der Waals surface area (Å²) >= 11 is 3.66. The highest BCUT2D eigenvalue weighted by molar-refractivity contribution is 9.10. The van der Waals surface area contributed by atoms with Crippen LogP contribution in [0.2, 0.25) is 0 Å². The van der Waals surface area contributed by atoms with Gasteiger partial charge in [-0.1, -0.05) is 28.1 Å². The van der Waals surface area contributed by atoms with Crippen molar-refractivity contribution in [1.29, 1.82) is 0 Å². The van der Waals surface area contributed by atoms with Gasteiger partial charge in [-0.05, 0) is 62.1 Å². The molecule has 2 aliphatic rings. The molecule has 2 fully saturated rings. The first-order valence-corrected chi connectivity index (χ1v) is 8.05. The maximum Gasteiger partial charge on any atom is 0.0686 e. The molecule has 1 spiro atoms. The molecule has 19 heavy (non-hydrogen) atoms. The van der Waals surface area contributed by atoms with Gasteiger partial charge in [-0.2, -0.15) is 0 Å². The van der Waals surface area contributed by atoms with Crippen LogP contribution in [0.3, 0.4) is 0 Å². The Morgan fingerprint density at radius 1 is 1.42 bits per heavy atom. The number of hydrogen-bond donors (Lipinski definition) is 1. The highest BCUT2D eigenvalue weighted by Gasteiger charge is 2.44. The second-order valence-electron chi connectivity index (χ2n) is 6.19. The highest BCUT2D eigenvalue weighted by Crippen LogP contribution is 2.47. The molecular formula is C16H22BrNO. The molecule has 2 N–H and O–H groups in total. The van der Waals surface area contributed by atoms with Crippen molar-refractivity contribution in [2.45, 2.75) is 50.7 Å². The number of ether oxygens (including phenoxy) is 1. The van der Waals surface area contributed by atoms with Crippen LogP contribution in [0.1, 0.15) is 49.3 Å². The van der Waals surface area contributed by atoms with Gasteiger partial charge in [0, 0.05) is 17.1 Å². The quantitative estimate of drug-likeness (QED) is 0.889. The van der Waals surface area contributed by atoms with Crippen LogP contribution in [-0.4, -0.2) is 12.2 Å². The van der Waals surface area contributed by atoms with Crippen LogP contribution in [0.4, 0.5) is 0 Å². The lowest BCUT2D eigenvalue weighted by atomic mass is 9.70. The van der Waals surface area contributed by atoms with E-state index >= 15 is 0 Å². The Morgan fingerprint density at radius 2 is 2.21 bits per heavy atom. The van der Waals surface area contributed by atoms with E-state index in [2.05, 4.69) is 41.1 Å². The zero-order chi connectivity index (χ0) is 13.5. The van der Waals surface area contributed by atoms with Crippen molar-refractivity contribution in [3.8, 4) is 0 Å². The fraction of sp³-hybridized carbons (Fsp3) is 0.625. The van der Waals surface area contributed by atoms with E-state index in [1.165, 1.54) is 30.4 Å². The molecular weight excluding hydrogens is 302 g/mol. The minimum Gasteiger partial charge on any atom is -0.375 e. The summed E-state index contributed by atoms with van der Waals surface area (Å²) < 4.78 is 7.15. The fourth-order valence-electron chi connectivity index (χ4n) is 3.45. The zero-order valence-corrected chi connectivity index (χ0v) is 13.1. The van der Waals surface area contributed by atoms with Crippen molar-refractivity contribution >= 4 is 15.9 Å². The monoisotopic (exact) mass is 323 g/mol. The average molecular weight is 324 g/mol. The van der Waals surface area contributed by atoms with Gasteiger partial charge < -0.3 is 10.5 Å². The summed E-state index contributed by atoms with van der Waals surface area (Å²) in [6.45, 7) is 2.99. The maximum atomic E-state index is 6.53. The van der Waals surface area contributed by atoms with E-state index in [1.54, 1.807) is 0 Å². The van der Waals surface area contributed by atoms with E-state index < -0.39 is 0 Å². The number of nitrogens with two attached hydrogens (primary N) is 1. The average Bonchev–Trinajstić information content (AvgIpc) is 2.36.